The number of benzene rings is 2. The van der Waals surface area contributed by atoms with Gasteiger partial charge >= 0.3 is 0 Å². The molecule has 1 aromatic heterocycles. The molecule has 0 atom stereocenters. The van der Waals surface area contributed by atoms with Gasteiger partial charge in [0.05, 0.1) is 22.8 Å². The summed E-state index contributed by atoms with van der Waals surface area (Å²) in [6.45, 7) is 4.02. The summed E-state index contributed by atoms with van der Waals surface area (Å²) in [4.78, 5) is 16.8. The Balaban J connectivity index is 1.58. The van der Waals surface area contributed by atoms with Crippen LogP contribution in [0.15, 0.2) is 59.0 Å². The lowest BCUT2D eigenvalue weighted by Crippen LogP contribution is -2.26. The zero-order valence-corrected chi connectivity index (χ0v) is 18.5. The molecule has 1 aliphatic rings. The second-order valence-corrected chi connectivity index (χ2v) is 8.23. The SMILES string of the molecule is Cc1ccc(-n2nnnc2SCC(=O)C(C#N)=C2N(C)c3ccccc3N2C)c(C)c1. The molecule has 8 nitrogen and oxygen atoms in total. The Morgan fingerprint density at radius 3 is 2.35 bits per heavy atom. The normalized spacial score (nSPS) is 12.7. The number of anilines is 2. The molecule has 2 heterocycles. The fourth-order valence-electron chi connectivity index (χ4n) is 3.72. The number of thioether (sulfide) groups is 1. The largest absolute Gasteiger partial charge is 0.328 e. The van der Waals surface area contributed by atoms with Crippen molar-refractivity contribution in [2.24, 2.45) is 0 Å². The number of tetrazole rings is 1. The van der Waals surface area contributed by atoms with E-state index in [-0.39, 0.29) is 17.1 Å². The number of carbonyl (C=O) groups excluding carboxylic acids is 1. The number of aryl methyl sites for hydroxylation is 2. The van der Waals surface area contributed by atoms with E-state index in [9.17, 15) is 10.1 Å². The van der Waals surface area contributed by atoms with E-state index in [1.54, 1.807) is 4.68 Å². The standard InChI is InChI=1S/C22H21N7OS/c1-14-9-10-17(15(2)11-14)29-22(24-25-26-29)31-13-20(30)16(12-23)21-27(3)18-7-5-6-8-19(18)28(21)4/h5-11H,13H2,1-4H3. The molecule has 0 radical (unpaired) electrons. The van der Waals surface area contributed by atoms with Crippen molar-refractivity contribution in [1.29, 1.82) is 5.26 Å². The quantitative estimate of drug-likeness (QED) is 0.345. The van der Waals surface area contributed by atoms with E-state index in [0.717, 1.165) is 28.2 Å². The number of allylic oxidation sites excluding steroid dienone is 1. The van der Waals surface area contributed by atoms with Gasteiger partial charge in [-0.25, -0.2) is 0 Å². The second-order valence-electron chi connectivity index (χ2n) is 7.29. The van der Waals surface area contributed by atoms with Crippen LogP contribution in [0.3, 0.4) is 0 Å². The summed E-state index contributed by atoms with van der Waals surface area (Å²) >= 11 is 1.21. The minimum absolute atomic E-state index is 0.0513. The monoisotopic (exact) mass is 431 g/mol. The molecule has 0 bridgehead atoms. The molecule has 0 spiro atoms. The van der Waals surface area contributed by atoms with Gasteiger partial charge in [-0.1, -0.05) is 41.6 Å². The van der Waals surface area contributed by atoms with E-state index in [1.165, 1.54) is 11.8 Å². The molecular formula is C22H21N7OS. The highest BCUT2D eigenvalue weighted by molar-refractivity contribution is 7.99. The molecule has 2 aromatic carbocycles. The van der Waals surface area contributed by atoms with E-state index in [4.69, 9.17) is 0 Å². The van der Waals surface area contributed by atoms with Gasteiger partial charge < -0.3 is 9.80 Å². The molecular weight excluding hydrogens is 410 g/mol. The third-order valence-electron chi connectivity index (χ3n) is 5.21. The summed E-state index contributed by atoms with van der Waals surface area (Å²) in [6.07, 6.45) is 0. The third-order valence-corrected chi connectivity index (χ3v) is 6.13. The smallest absolute Gasteiger partial charge is 0.214 e. The lowest BCUT2D eigenvalue weighted by atomic mass is 10.1. The molecule has 4 rings (SSSR count). The molecule has 1 aliphatic heterocycles. The lowest BCUT2D eigenvalue weighted by molar-refractivity contribution is -0.112. The van der Waals surface area contributed by atoms with Gasteiger partial charge in [-0.15, -0.1) is 5.10 Å². The number of aromatic nitrogens is 4. The highest BCUT2D eigenvalue weighted by atomic mass is 32.2. The Hall–Kier alpha value is -3.64. The summed E-state index contributed by atoms with van der Waals surface area (Å²) in [5, 5.41) is 22.2. The summed E-state index contributed by atoms with van der Waals surface area (Å²) in [5.74, 6) is 0.350. The fraction of sp³-hybridized carbons (Fsp3) is 0.227. The van der Waals surface area contributed by atoms with Gasteiger partial charge in [-0.3, -0.25) is 4.79 Å². The first-order valence-corrected chi connectivity index (χ1v) is 10.6. The molecule has 0 saturated heterocycles. The number of hydrogen-bond acceptors (Lipinski definition) is 8. The van der Waals surface area contributed by atoms with Crippen LogP contribution in [0.4, 0.5) is 11.4 Å². The van der Waals surface area contributed by atoms with Gasteiger partial charge in [0.25, 0.3) is 0 Å². The van der Waals surface area contributed by atoms with Crippen LogP contribution in [0.1, 0.15) is 11.1 Å². The number of nitriles is 1. The predicted molar refractivity (Wildman–Crippen MR) is 120 cm³/mol. The summed E-state index contributed by atoms with van der Waals surface area (Å²) in [7, 11) is 3.71. The molecule has 0 saturated carbocycles. The van der Waals surface area contributed by atoms with Crippen molar-refractivity contribution in [1.82, 2.24) is 20.2 Å². The number of para-hydroxylation sites is 2. The van der Waals surface area contributed by atoms with E-state index in [0.29, 0.717) is 11.0 Å². The van der Waals surface area contributed by atoms with E-state index in [1.807, 2.05) is 74.1 Å². The van der Waals surface area contributed by atoms with Crippen LogP contribution in [-0.2, 0) is 4.79 Å². The van der Waals surface area contributed by atoms with Crippen LogP contribution < -0.4 is 9.80 Å². The fourth-order valence-corrected chi connectivity index (χ4v) is 4.48. The Morgan fingerprint density at radius 1 is 1.06 bits per heavy atom. The maximum absolute atomic E-state index is 13.0. The average molecular weight is 432 g/mol. The molecule has 0 fully saturated rings. The van der Waals surface area contributed by atoms with Crippen LogP contribution in [0.25, 0.3) is 5.69 Å². The Morgan fingerprint density at radius 2 is 1.74 bits per heavy atom. The minimum Gasteiger partial charge on any atom is -0.328 e. The topological polar surface area (TPSA) is 90.9 Å². The van der Waals surface area contributed by atoms with Crippen molar-refractivity contribution >= 4 is 28.9 Å². The highest BCUT2D eigenvalue weighted by Gasteiger charge is 2.31. The van der Waals surface area contributed by atoms with Crippen molar-refractivity contribution in [2.45, 2.75) is 19.0 Å². The molecule has 0 aliphatic carbocycles. The zero-order chi connectivity index (χ0) is 22.1. The van der Waals surface area contributed by atoms with Gasteiger partial charge in [0, 0.05) is 14.1 Å². The Bertz CT molecular complexity index is 1210. The van der Waals surface area contributed by atoms with Crippen molar-refractivity contribution in [3.63, 3.8) is 0 Å². The molecule has 0 amide bonds. The Kier molecular flexibility index (Phi) is 5.48. The predicted octanol–water partition coefficient (Wildman–Crippen LogP) is 3.26. The number of carbonyl (C=O) groups is 1. The zero-order valence-electron chi connectivity index (χ0n) is 17.7. The number of ketones is 1. The summed E-state index contributed by atoms with van der Waals surface area (Å²) < 4.78 is 1.62. The van der Waals surface area contributed by atoms with E-state index in [2.05, 4.69) is 27.7 Å². The first-order chi connectivity index (χ1) is 14.9. The minimum atomic E-state index is -0.274. The first kappa shape index (κ1) is 20.6. The van der Waals surface area contributed by atoms with Crippen LogP contribution >= 0.6 is 11.8 Å². The van der Waals surface area contributed by atoms with Gasteiger partial charge in [0.1, 0.15) is 17.5 Å². The van der Waals surface area contributed by atoms with Gasteiger partial charge in [0.2, 0.25) is 5.16 Å². The lowest BCUT2D eigenvalue weighted by Gasteiger charge is -2.19. The number of rotatable bonds is 5. The molecule has 0 unspecified atom stereocenters. The third kappa shape index (κ3) is 3.66. The van der Waals surface area contributed by atoms with E-state index >= 15 is 0 Å². The van der Waals surface area contributed by atoms with Crippen LogP contribution in [0.5, 0.6) is 0 Å². The van der Waals surface area contributed by atoms with Gasteiger partial charge in [0.15, 0.2) is 5.78 Å². The number of nitrogens with zero attached hydrogens (tertiary/aromatic N) is 7. The number of fused-ring (bicyclic) bond motifs is 1. The van der Waals surface area contributed by atoms with Crippen LogP contribution in [0.2, 0.25) is 0 Å². The van der Waals surface area contributed by atoms with Crippen LogP contribution in [0, 0.1) is 25.2 Å². The molecule has 31 heavy (non-hydrogen) atoms. The van der Waals surface area contributed by atoms with Crippen molar-refractivity contribution in [3.05, 3.63) is 65.0 Å². The first-order valence-electron chi connectivity index (χ1n) is 9.65. The number of hydrogen-bond donors (Lipinski definition) is 0. The van der Waals surface area contributed by atoms with Crippen molar-refractivity contribution in [3.8, 4) is 11.8 Å². The van der Waals surface area contributed by atoms with Gasteiger partial charge in [-0.2, -0.15) is 9.94 Å². The van der Waals surface area contributed by atoms with Crippen LogP contribution in [-0.4, -0.2) is 45.8 Å². The van der Waals surface area contributed by atoms with Crippen molar-refractivity contribution in [2.75, 3.05) is 29.6 Å². The molecule has 0 N–H and O–H groups in total. The maximum Gasteiger partial charge on any atom is 0.214 e. The van der Waals surface area contributed by atoms with Crippen molar-refractivity contribution < 1.29 is 4.79 Å². The highest BCUT2D eigenvalue weighted by Crippen LogP contribution is 2.40. The van der Waals surface area contributed by atoms with E-state index < -0.39 is 0 Å². The average Bonchev–Trinajstić information content (AvgIpc) is 3.32. The number of Topliss-reactive ketones (excluding diaryl/α,β-unsaturated/α-hetero) is 1. The maximum atomic E-state index is 13.0. The molecule has 9 heteroatoms. The summed E-state index contributed by atoms with van der Waals surface area (Å²) in [6, 6.07) is 15.9. The summed E-state index contributed by atoms with van der Waals surface area (Å²) in [5.41, 5.74) is 5.05. The molecule has 3 aromatic rings. The van der Waals surface area contributed by atoms with Gasteiger partial charge in [-0.05, 0) is 48.0 Å². The molecule has 156 valence electrons. The second kappa shape index (κ2) is 8.24. The Labute approximate surface area is 184 Å².